The monoisotopic (exact) mass is 802 g/mol. The predicted octanol–water partition coefficient (Wildman–Crippen LogP) is 8.06. The van der Waals surface area contributed by atoms with Gasteiger partial charge in [-0.1, -0.05) is 48.0 Å². The SMILES string of the molecule is C=Cc1ccc(N2C(=O)C3CC=C4C(CC5C(=O)N(c6cc(-c7sc8ccc(Cl)cc8c7C)nn6C)C(=O)C5(C)C4c4cc(OC)c(O)c(OC)c4)C3C2=O)cc1. The topological polar surface area (TPSA) is 131 Å². The number of benzene rings is 3. The van der Waals surface area contributed by atoms with Crippen LogP contribution < -0.4 is 19.3 Å². The number of phenols is 1. The zero-order valence-electron chi connectivity index (χ0n) is 31.9. The number of carbonyl (C=O) groups excluding carboxylic acids is 4. The van der Waals surface area contributed by atoms with Crippen molar-refractivity contribution >= 4 is 74.2 Å². The van der Waals surface area contributed by atoms with Gasteiger partial charge in [0.1, 0.15) is 11.5 Å². The van der Waals surface area contributed by atoms with Crippen molar-refractivity contribution in [3.63, 3.8) is 0 Å². The van der Waals surface area contributed by atoms with Crippen LogP contribution in [-0.2, 0) is 26.2 Å². The first-order chi connectivity index (χ1) is 27.3. The van der Waals surface area contributed by atoms with Crippen LogP contribution in [0.4, 0.5) is 11.5 Å². The van der Waals surface area contributed by atoms with Crippen molar-refractivity contribution in [1.82, 2.24) is 9.78 Å². The highest BCUT2D eigenvalue weighted by molar-refractivity contribution is 7.22. The fourth-order valence-electron chi connectivity index (χ4n) is 9.92. The Morgan fingerprint density at radius 2 is 1.65 bits per heavy atom. The molecule has 13 heteroatoms. The number of fused-ring (bicyclic) bond motifs is 5. The molecule has 4 aliphatic rings. The van der Waals surface area contributed by atoms with Crippen LogP contribution in [0.15, 0.2) is 78.9 Å². The van der Waals surface area contributed by atoms with Crippen molar-refractivity contribution in [2.45, 2.75) is 32.6 Å². The third kappa shape index (κ3) is 5.19. The molecule has 1 N–H and O–H groups in total. The number of aromatic nitrogens is 2. The molecule has 4 amide bonds. The average Bonchev–Trinajstić information content (AvgIpc) is 3.88. The molecule has 0 radical (unpaired) electrons. The fourth-order valence-corrected chi connectivity index (χ4v) is 11.2. The molecule has 0 bridgehead atoms. The number of nitrogens with zero attached hydrogens (tertiary/aromatic N) is 4. The van der Waals surface area contributed by atoms with Crippen molar-refractivity contribution < 1.29 is 33.8 Å². The molecule has 4 heterocycles. The Bertz CT molecular complexity index is 2600. The van der Waals surface area contributed by atoms with Gasteiger partial charge < -0.3 is 14.6 Å². The molecule has 6 atom stereocenters. The number of anilines is 2. The molecule has 6 unspecified atom stereocenters. The molecule has 57 heavy (non-hydrogen) atoms. The Balaban J connectivity index is 1.17. The summed E-state index contributed by atoms with van der Waals surface area (Å²) in [7, 11) is 4.56. The molecule has 11 nitrogen and oxygen atoms in total. The van der Waals surface area contributed by atoms with E-state index in [1.807, 2.05) is 38.1 Å². The lowest BCUT2D eigenvalue weighted by molar-refractivity contribution is -0.131. The lowest BCUT2D eigenvalue weighted by Crippen LogP contribution is -2.49. The van der Waals surface area contributed by atoms with Gasteiger partial charge in [-0.25, -0.2) is 4.90 Å². The van der Waals surface area contributed by atoms with Crippen LogP contribution in [0.5, 0.6) is 17.2 Å². The van der Waals surface area contributed by atoms with Gasteiger partial charge in [0.25, 0.3) is 0 Å². The standard InChI is InChI=1S/C44H39ClN4O7S/c1-7-22-8-11-25(12-9-22)48-40(51)27-14-13-26-29(36(27)42(48)53)19-30-41(52)49(43(54)44(30,3)37(26)23-16-32(55-5)38(50)33(17-23)56-6)35-20-31(46-47(35)4)39-21(2)28-18-24(45)10-15-34(28)57-39/h7-13,15-18,20,27,29-30,36-37,50H,1,14,19H2,2-6H3. The number of carbonyl (C=O) groups is 4. The molecule has 2 saturated heterocycles. The van der Waals surface area contributed by atoms with E-state index in [-0.39, 0.29) is 41.9 Å². The van der Waals surface area contributed by atoms with Crippen LogP contribution in [0.2, 0.25) is 5.02 Å². The zero-order valence-corrected chi connectivity index (χ0v) is 33.5. The van der Waals surface area contributed by atoms with Gasteiger partial charge in [-0.3, -0.25) is 28.8 Å². The Hall–Kier alpha value is -5.72. The van der Waals surface area contributed by atoms with E-state index in [0.717, 1.165) is 31.7 Å². The first kappa shape index (κ1) is 36.9. The number of aryl methyl sites for hydroxylation is 2. The number of halogens is 1. The molecule has 290 valence electrons. The second-order valence-electron chi connectivity index (χ2n) is 15.5. The van der Waals surface area contributed by atoms with Gasteiger partial charge in [0.05, 0.1) is 48.0 Å². The van der Waals surface area contributed by atoms with Crippen LogP contribution in [0.25, 0.3) is 26.7 Å². The van der Waals surface area contributed by atoms with E-state index in [1.165, 1.54) is 24.0 Å². The minimum Gasteiger partial charge on any atom is -0.502 e. The molecule has 3 aromatic carbocycles. The number of methoxy groups -OCH3 is 2. The maximum Gasteiger partial charge on any atom is 0.242 e. The van der Waals surface area contributed by atoms with Crippen LogP contribution in [-0.4, -0.2) is 52.7 Å². The number of allylic oxidation sites excluding steroid dienone is 2. The summed E-state index contributed by atoms with van der Waals surface area (Å²) in [6.45, 7) is 7.62. The van der Waals surface area contributed by atoms with Gasteiger partial charge in [-0.15, -0.1) is 11.3 Å². The second-order valence-corrected chi connectivity index (χ2v) is 16.9. The first-order valence-corrected chi connectivity index (χ1v) is 19.9. The third-order valence-corrected chi connectivity index (χ3v) is 14.2. The zero-order chi connectivity index (χ0) is 40.2. The van der Waals surface area contributed by atoms with E-state index in [1.54, 1.807) is 71.6 Å². The van der Waals surface area contributed by atoms with Crippen molar-refractivity contribution in [1.29, 1.82) is 0 Å². The number of imide groups is 2. The summed E-state index contributed by atoms with van der Waals surface area (Å²) in [5, 5.41) is 17.4. The summed E-state index contributed by atoms with van der Waals surface area (Å²) in [6, 6.07) is 17.9. The van der Waals surface area contributed by atoms with E-state index < -0.39 is 46.8 Å². The van der Waals surface area contributed by atoms with Crippen LogP contribution in [0.3, 0.4) is 0 Å². The summed E-state index contributed by atoms with van der Waals surface area (Å²) in [5.74, 6) is -4.63. The molecule has 2 aromatic heterocycles. The lowest BCUT2D eigenvalue weighted by Gasteiger charge is -2.49. The summed E-state index contributed by atoms with van der Waals surface area (Å²) in [4.78, 5) is 62.3. The van der Waals surface area contributed by atoms with Crippen molar-refractivity contribution in [3.05, 3.63) is 101 Å². The highest BCUT2D eigenvalue weighted by atomic mass is 35.5. The van der Waals surface area contributed by atoms with Gasteiger partial charge in [0.2, 0.25) is 29.4 Å². The minimum atomic E-state index is -1.35. The first-order valence-electron chi connectivity index (χ1n) is 18.7. The molecule has 1 saturated carbocycles. The maximum absolute atomic E-state index is 15.3. The maximum atomic E-state index is 15.3. The van der Waals surface area contributed by atoms with Gasteiger partial charge in [-0.05, 0) is 97.1 Å². The second kappa shape index (κ2) is 13.2. The van der Waals surface area contributed by atoms with Gasteiger partial charge in [-0.2, -0.15) is 5.10 Å². The summed E-state index contributed by atoms with van der Waals surface area (Å²) in [5.41, 5.74) is 2.95. The quantitative estimate of drug-likeness (QED) is 0.129. The smallest absolute Gasteiger partial charge is 0.242 e. The minimum absolute atomic E-state index is 0.132. The largest absolute Gasteiger partial charge is 0.502 e. The molecular weight excluding hydrogens is 764 g/mol. The molecule has 2 aliphatic carbocycles. The van der Waals surface area contributed by atoms with E-state index in [9.17, 15) is 14.7 Å². The highest BCUT2D eigenvalue weighted by Crippen LogP contribution is 2.64. The Labute approximate surface area is 337 Å². The van der Waals surface area contributed by atoms with Crippen molar-refractivity contribution in [2.24, 2.45) is 36.1 Å². The number of thiophene rings is 1. The van der Waals surface area contributed by atoms with Crippen molar-refractivity contribution in [2.75, 3.05) is 24.0 Å². The summed E-state index contributed by atoms with van der Waals surface area (Å²) < 4.78 is 13.7. The van der Waals surface area contributed by atoms with E-state index >= 15 is 9.59 Å². The van der Waals surface area contributed by atoms with Gasteiger partial charge in [0.15, 0.2) is 11.5 Å². The van der Waals surface area contributed by atoms with Crippen molar-refractivity contribution in [3.8, 4) is 27.8 Å². The Morgan fingerprint density at radius 1 is 0.947 bits per heavy atom. The molecule has 3 fully saturated rings. The Kier molecular flexibility index (Phi) is 8.53. The fraction of sp³-hybridized carbons (Fsp3) is 0.295. The normalized spacial score (nSPS) is 25.4. The van der Waals surface area contributed by atoms with Crippen LogP contribution in [0.1, 0.15) is 42.4 Å². The molecular formula is C44H39ClN4O7S. The van der Waals surface area contributed by atoms with Gasteiger partial charge >= 0.3 is 0 Å². The lowest BCUT2D eigenvalue weighted by atomic mass is 9.51. The summed E-state index contributed by atoms with van der Waals surface area (Å²) >= 11 is 7.89. The average molecular weight is 803 g/mol. The van der Waals surface area contributed by atoms with E-state index in [0.29, 0.717) is 27.8 Å². The van der Waals surface area contributed by atoms with Crippen LogP contribution >= 0.6 is 22.9 Å². The number of hydrogen-bond acceptors (Lipinski definition) is 9. The molecule has 0 spiro atoms. The number of aromatic hydroxyl groups is 1. The van der Waals surface area contributed by atoms with E-state index in [4.69, 9.17) is 26.2 Å². The highest BCUT2D eigenvalue weighted by Gasteiger charge is 2.68. The summed E-state index contributed by atoms with van der Waals surface area (Å²) in [6.07, 6.45) is 4.13. The number of hydrogen-bond donors (Lipinski definition) is 1. The third-order valence-electron chi connectivity index (χ3n) is 12.7. The Morgan fingerprint density at radius 3 is 2.32 bits per heavy atom. The van der Waals surface area contributed by atoms with E-state index in [2.05, 4.69) is 6.58 Å². The molecule has 9 rings (SSSR count). The number of rotatable bonds is 7. The number of phenolic OH excluding ortho intramolecular Hbond substituents is 1. The molecule has 2 aliphatic heterocycles. The molecule has 5 aromatic rings. The number of ether oxygens (including phenoxy) is 2. The number of amides is 4. The van der Waals surface area contributed by atoms with Crippen LogP contribution in [0, 0.1) is 36.0 Å². The predicted molar refractivity (Wildman–Crippen MR) is 219 cm³/mol. The van der Waals surface area contributed by atoms with Gasteiger partial charge in [0, 0.05) is 28.8 Å².